The third-order valence-corrected chi connectivity index (χ3v) is 5.38. The van der Waals surface area contributed by atoms with E-state index in [1.807, 2.05) is 12.1 Å². The van der Waals surface area contributed by atoms with Crippen LogP contribution in [0, 0.1) is 5.82 Å². The van der Waals surface area contributed by atoms with E-state index in [2.05, 4.69) is 32.3 Å². The molecule has 1 aromatic rings. The lowest BCUT2D eigenvalue weighted by molar-refractivity contribution is 0.114. The molecule has 158 valence electrons. The molecule has 28 heavy (non-hydrogen) atoms. The predicted molar refractivity (Wildman–Crippen MR) is 123 cm³/mol. The van der Waals surface area contributed by atoms with Crippen molar-refractivity contribution >= 4 is 35.6 Å². The highest BCUT2D eigenvalue weighted by Crippen LogP contribution is 2.22. The molecule has 2 saturated heterocycles. The van der Waals surface area contributed by atoms with E-state index in [9.17, 15) is 4.39 Å². The molecule has 0 radical (unpaired) electrons. The highest BCUT2D eigenvalue weighted by Gasteiger charge is 2.19. The maximum absolute atomic E-state index is 14.6. The van der Waals surface area contributed by atoms with E-state index in [-0.39, 0.29) is 35.9 Å². The minimum atomic E-state index is -0.151. The molecule has 0 amide bonds. The van der Waals surface area contributed by atoms with Crippen molar-refractivity contribution in [1.29, 1.82) is 0 Å². The number of benzene rings is 1. The Hall–Kier alpha value is -1.13. The van der Waals surface area contributed by atoms with Gasteiger partial charge in [0.25, 0.3) is 0 Å². The van der Waals surface area contributed by atoms with Crippen molar-refractivity contribution in [3.05, 3.63) is 29.6 Å². The van der Waals surface area contributed by atoms with Crippen molar-refractivity contribution in [2.45, 2.75) is 32.4 Å². The summed E-state index contributed by atoms with van der Waals surface area (Å²) in [6.45, 7) is 9.09. The van der Waals surface area contributed by atoms with Crippen LogP contribution >= 0.6 is 24.0 Å². The second-order valence-corrected chi connectivity index (χ2v) is 7.15. The molecule has 1 aromatic carbocycles. The monoisotopic (exact) mass is 505 g/mol. The van der Waals surface area contributed by atoms with Gasteiger partial charge >= 0.3 is 0 Å². The molecule has 6 nitrogen and oxygen atoms in total. The Morgan fingerprint density at radius 3 is 2.64 bits per heavy atom. The predicted octanol–water partition coefficient (Wildman–Crippen LogP) is 2.43. The van der Waals surface area contributed by atoms with Crippen LogP contribution in [0.2, 0.25) is 0 Å². The van der Waals surface area contributed by atoms with Crippen LogP contribution in [0.4, 0.5) is 10.1 Å². The van der Waals surface area contributed by atoms with Crippen molar-refractivity contribution in [3.8, 4) is 0 Å². The van der Waals surface area contributed by atoms with Gasteiger partial charge in [0, 0.05) is 52.9 Å². The quantitative estimate of drug-likeness (QED) is 0.354. The van der Waals surface area contributed by atoms with Crippen LogP contribution in [0.25, 0.3) is 0 Å². The molecule has 2 fully saturated rings. The number of likely N-dealkylation sites (N-methyl/N-ethyl adjacent to an activating group) is 1. The van der Waals surface area contributed by atoms with Crippen molar-refractivity contribution < 1.29 is 9.13 Å². The Morgan fingerprint density at radius 2 is 2.04 bits per heavy atom. The summed E-state index contributed by atoms with van der Waals surface area (Å²) in [7, 11) is 1.74. The van der Waals surface area contributed by atoms with Crippen molar-refractivity contribution in [2.75, 3.05) is 57.8 Å². The molecule has 0 bridgehead atoms. The lowest BCUT2D eigenvalue weighted by atomic mass is 10.1. The van der Waals surface area contributed by atoms with E-state index in [1.165, 1.54) is 0 Å². The zero-order chi connectivity index (χ0) is 19.1. The summed E-state index contributed by atoms with van der Waals surface area (Å²) in [5, 5.41) is 6.52. The summed E-state index contributed by atoms with van der Waals surface area (Å²) in [5.74, 6) is 0.562. The minimum absolute atomic E-state index is 0. The molecule has 8 heteroatoms. The van der Waals surface area contributed by atoms with Gasteiger partial charge in [0.2, 0.25) is 0 Å². The van der Waals surface area contributed by atoms with Crippen LogP contribution in [0.15, 0.2) is 23.2 Å². The maximum atomic E-state index is 14.6. The van der Waals surface area contributed by atoms with Gasteiger partial charge in [-0.15, -0.1) is 24.0 Å². The highest BCUT2D eigenvalue weighted by molar-refractivity contribution is 14.0. The number of halogens is 2. The lowest BCUT2D eigenvalue weighted by Gasteiger charge is -2.35. The second-order valence-electron chi connectivity index (χ2n) is 7.15. The molecular weight excluding hydrogens is 472 g/mol. The number of hydrogen-bond acceptors (Lipinski definition) is 4. The smallest absolute Gasteiger partial charge is 0.191 e. The Balaban J connectivity index is 0.00000280. The zero-order valence-corrected chi connectivity index (χ0v) is 19.2. The van der Waals surface area contributed by atoms with Gasteiger partial charge in [0.1, 0.15) is 5.82 Å². The number of nitrogens with one attached hydrogen (secondary N) is 2. The van der Waals surface area contributed by atoms with Gasteiger partial charge in [-0.1, -0.05) is 13.0 Å². The van der Waals surface area contributed by atoms with E-state index in [1.54, 1.807) is 13.1 Å². The molecule has 2 N–H and O–H groups in total. The SMILES string of the molecule is CCN1CCN(c2ccc(CNC(=NC)NCC3CCCO3)cc2F)CC1.I. The first-order valence-corrected chi connectivity index (χ1v) is 10.0. The first kappa shape index (κ1) is 23.2. The van der Waals surface area contributed by atoms with E-state index in [0.29, 0.717) is 18.2 Å². The fraction of sp³-hybridized carbons (Fsp3) is 0.650. The standard InChI is InChI=1S/C20H32FN5O.HI/c1-3-25-8-10-26(11-9-25)19-7-6-16(13-18(19)21)14-23-20(22-2)24-15-17-5-4-12-27-17;/h6-7,13,17H,3-5,8-12,14-15H2,1-2H3,(H2,22,23,24);1H. The Morgan fingerprint density at radius 1 is 1.25 bits per heavy atom. The molecule has 1 atom stereocenters. The zero-order valence-electron chi connectivity index (χ0n) is 16.9. The van der Waals surface area contributed by atoms with Crippen LogP contribution in [0.3, 0.4) is 0 Å². The summed E-state index contributed by atoms with van der Waals surface area (Å²) in [6, 6.07) is 5.52. The third-order valence-electron chi connectivity index (χ3n) is 5.38. The van der Waals surface area contributed by atoms with Gasteiger partial charge in [-0.3, -0.25) is 4.99 Å². The summed E-state index contributed by atoms with van der Waals surface area (Å²) in [6.07, 6.45) is 2.47. The van der Waals surface area contributed by atoms with Crippen LogP contribution < -0.4 is 15.5 Å². The summed E-state index contributed by atoms with van der Waals surface area (Å²) in [4.78, 5) is 8.76. The first-order chi connectivity index (χ1) is 13.2. The summed E-state index contributed by atoms with van der Waals surface area (Å²) >= 11 is 0. The first-order valence-electron chi connectivity index (χ1n) is 10.0. The molecule has 3 rings (SSSR count). The summed E-state index contributed by atoms with van der Waals surface area (Å²) in [5.41, 5.74) is 1.61. The number of anilines is 1. The third kappa shape index (κ3) is 6.45. The minimum Gasteiger partial charge on any atom is -0.376 e. The average Bonchev–Trinajstić information content (AvgIpc) is 3.22. The fourth-order valence-corrected chi connectivity index (χ4v) is 3.64. The van der Waals surface area contributed by atoms with Gasteiger partial charge in [-0.25, -0.2) is 4.39 Å². The van der Waals surface area contributed by atoms with E-state index in [0.717, 1.165) is 64.3 Å². The molecule has 0 aromatic heterocycles. The Kier molecular flexibility index (Phi) is 9.73. The van der Waals surface area contributed by atoms with Gasteiger partial charge in [-0.05, 0) is 37.1 Å². The molecule has 2 aliphatic rings. The van der Waals surface area contributed by atoms with E-state index < -0.39 is 0 Å². The molecule has 1 unspecified atom stereocenters. The number of hydrogen-bond donors (Lipinski definition) is 2. The van der Waals surface area contributed by atoms with Gasteiger partial charge in [0.05, 0.1) is 11.8 Å². The second kappa shape index (κ2) is 11.8. The average molecular weight is 505 g/mol. The fourth-order valence-electron chi connectivity index (χ4n) is 3.64. The van der Waals surface area contributed by atoms with Crippen molar-refractivity contribution in [3.63, 3.8) is 0 Å². The molecule has 0 aliphatic carbocycles. The Labute approximate surface area is 184 Å². The lowest BCUT2D eigenvalue weighted by Crippen LogP contribution is -2.46. The van der Waals surface area contributed by atoms with Crippen LogP contribution in [-0.2, 0) is 11.3 Å². The van der Waals surface area contributed by atoms with Crippen molar-refractivity contribution in [1.82, 2.24) is 15.5 Å². The number of piperazine rings is 1. The number of nitrogens with zero attached hydrogens (tertiary/aromatic N) is 3. The number of guanidine groups is 1. The van der Waals surface area contributed by atoms with Gasteiger partial charge in [0.15, 0.2) is 5.96 Å². The molecule has 2 heterocycles. The highest BCUT2D eigenvalue weighted by atomic mass is 127. The Bertz CT molecular complexity index is 631. The van der Waals surface area contributed by atoms with Gasteiger partial charge < -0.3 is 25.2 Å². The number of aliphatic imine (C=N–C) groups is 1. The van der Waals surface area contributed by atoms with E-state index in [4.69, 9.17) is 4.74 Å². The largest absolute Gasteiger partial charge is 0.376 e. The molecule has 0 spiro atoms. The van der Waals surface area contributed by atoms with Gasteiger partial charge in [-0.2, -0.15) is 0 Å². The van der Waals surface area contributed by atoms with Crippen molar-refractivity contribution in [2.24, 2.45) is 4.99 Å². The molecular formula is C20H33FIN5O. The normalized spacial score (nSPS) is 20.8. The van der Waals surface area contributed by atoms with E-state index >= 15 is 0 Å². The molecule has 2 aliphatic heterocycles. The topological polar surface area (TPSA) is 52.1 Å². The summed E-state index contributed by atoms with van der Waals surface area (Å²) < 4.78 is 20.2. The van der Waals surface area contributed by atoms with Crippen LogP contribution in [0.1, 0.15) is 25.3 Å². The van der Waals surface area contributed by atoms with Crippen LogP contribution in [-0.4, -0.2) is 69.9 Å². The number of rotatable bonds is 6. The molecule has 0 saturated carbocycles. The van der Waals surface area contributed by atoms with Crippen LogP contribution in [0.5, 0.6) is 0 Å². The maximum Gasteiger partial charge on any atom is 0.191 e. The number of ether oxygens (including phenoxy) is 1.